The molecule has 0 aromatic heterocycles. The Morgan fingerprint density at radius 2 is 2.00 bits per heavy atom. The first-order valence-corrected chi connectivity index (χ1v) is 7.22. The molecule has 3 heteroatoms. The monoisotopic (exact) mass is 262 g/mol. The highest BCUT2D eigenvalue weighted by Gasteiger charge is 2.14. The van der Waals surface area contributed by atoms with Crippen molar-refractivity contribution in [3.8, 4) is 0 Å². The van der Waals surface area contributed by atoms with Crippen LogP contribution in [0.5, 0.6) is 0 Å². The molecule has 0 fully saturated rings. The molecule has 106 valence electrons. The van der Waals surface area contributed by atoms with Crippen molar-refractivity contribution in [1.29, 1.82) is 0 Å². The summed E-state index contributed by atoms with van der Waals surface area (Å²) in [4.78, 5) is 12.0. The van der Waals surface area contributed by atoms with Gasteiger partial charge in [-0.25, -0.2) is 0 Å². The van der Waals surface area contributed by atoms with Crippen LogP contribution in [0.3, 0.4) is 0 Å². The lowest BCUT2D eigenvalue weighted by Crippen LogP contribution is -2.42. The van der Waals surface area contributed by atoms with E-state index < -0.39 is 0 Å². The van der Waals surface area contributed by atoms with E-state index in [1.807, 2.05) is 26.0 Å². The summed E-state index contributed by atoms with van der Waals surface area (Å²) in [6, 6.07) is 8.23. The second kappa shape index (κ2) is 7.82. The van der Waals surface area contributed by atoms with Crippen molar-refractivity contribution in [3.63, 3.8) is 0 Å². The van der Waals surface area contributed by atoms with Gasteiger partial charge in [-0.2, -0.15) is 0 Å². The molecule has 2 unspecified atom stereocenters. The van der Waals surface area contributed by atoms with Gasteiger partial charge in [-0.1, -0.05) is 32.4 Å². The van der Waals surface area contributed by atoms with Gasteiger partial charge < -0.3 is 10.6 Å². The average molecular weight is 262 g/mol. The molecule has 0 saturated carbocycles. The Balaban J connectivity index is 2.53. The zero-order valence-electron chi connectivity index (χ0n) is 12.5. The van der Waals surface area contributed by atoms with Gasteiger partial charge in [-0.3, -0.25) is 4.79 Å². The third-order valence-electron chi connectivity index (χ3n) is 3.22. The summed E-state index contributed by atoms with van der Waals surface area (Å²) in [7, 11) is 0. The van der Waals surface area contributed by atoms with E-state index in [0.717, 1.165) is 24.9 Å². The Kier molecular flexibility index (Phi) is 6.40. The van der Waals surface area contributed by atoms with Gasteiger partial charge in [0.1, 0.15) is 6.04 Å². The summed E-state index contributed by atoms with van der Waals surface area (Å²) in [5, 5.41) is 6.28. The van der Waals surface area contributed by atoms with Crippen molar-refractivity contribution in [1.82, 2.24) is 5.32 Å². The van der Waals surface area contributed by atoms with E-state index in [4.69, 9.17) is 0 Å². The molecule has 0 spiro atoms. The predicted molar refractivity (Wildman–Crippen MR) is 81.4 cm³/mol. The predicted octanol–water partition coefficient (Wildman–Crippen LogP) is 3.35. The number of hydrogen-bond donors (Lipinski definition) is 2. The van der Waals surface area contributed by atoms with Crippen LogP contribution in [0.15, 0.2) is 24.3 Å². The maximum absolute atomic E-state index is 12.0. The second-order valence-electron chi connectivity index (χ2n) is 5.12. The van der Waals surface area contributed by atoms with E-state index >= 15 is 0 Å². The SMILES string of the molecule is CCCC(C)NC(=O)C(C)Nc1cccc(CC)c1. The van der Waals surface area contributed by atoms with Crippen LogP contribution >= 0.6 is 0 Å². The number of rotatable bonds is 7. The van der Waals surface area contributed by atoms with Crippen molar-refractivity contribution in [2.24, 2.45) is 0 Å². The molecule has 19 heavy (non-hydrogen) atoms. The maximum Gasteiger partial charge on any atom is 0.242 e. The van der Waals surface area contributed by atoms with Gasteiger partial charge in [0.2, 0.25) is 5.91 Å². The standard InChI is InChI=1S/C16H26N2O/c1-5-8-12(3)17-16(19)13(4)18-15-10-7-9-14(6-2)11-15/h7,9-13,18H,5-6,8H2,1-4H3,(H,17,19). The van der Waals surface area contributed by atoms with Crippen LogP contribution in [0.4, 0.5) is 5.69 Å². The third kappa shape index (κ3) is 5.33. The van der Waals surface area contributed by atoms with Crippen LogP contribution in [0.1, 0.15) is 46.1 Å². The van der Waals surface area contributed by atoms with Crippen molar-refractivity contribution in [2.75, 3.05) is 5.32 Å². The summed E-state index contributed by atoms with van der Waals surface area (Å²) >= 11 is 0. The fourth-order valence-corrected chi connectivity index (χ4v) is 2.07. The van der Waals surface area contributed by atoms with E-state index in [1.54, 1.807) is 0 Å². The molecule has 1 aromatic carbocycles. The van der Waals surface area contributed by atoms with E-state index in [2.05, 4.69) is 36.6 Å². The summed E-state index contributed by atoms with van der Waals surface area (Å²) in [6.45, 7) is 8.20. The Morgan fingerprint density at radius 1 is 1.26 bits per heavy atom. The minimum atomic E-state index is -0.216. The van der Waals surface area contributed by atoms with E-state index in [1.165, 1.54) is 5.56 Å². The number of aryl methyl sites for hydroxylation is 1. The first-order valence-electron chi connectivity index (χ1n) is 7.22. The number of amides is 1. The number of nitrogens with one attached hydrogen (secondary N) is 2. The van der Waals surface area contributed by atoms with E-state index in [0.29, 0.717) is 0 Å². The van der Waals surface area contributed by atoms with Gasteiger partial charge in [-0.05, 0) is 44.4 Å². The zero-order valence-corrected chi connectivity index (χ0v) is 12.5. The lowest BCUT2D eigenvalue weighted by molar-refractivity contribution is -0.122. The van der Waals surface area contributed by atoms with Crippen LogP contribution in [0.25, 0.3) is 0 Å². The number of benzene rings is 1. The molecule has 1 aromatic rings. The topological polar surface area (TPSA) is 41.1 Å². The molecule has 2 N–H and O–H groups in total. The van der Waals surface area contributed by atoms with Crippen molar-refractivity contribution >= 4 is 11.6 Å². The van der Waals surface area contributed by atoms with Gasteiger partial charge in [-0.15, -0.1) is 0 Å². The Morgan fingerprint density at radius 3 is 2.63 bits per heavy atom. The molecule has 2 atom stereocenters. The molecular formula is C16H26N2O. The summed E-state index contributed by atoms with van der Waals surface area (Å²) in [5.74, 6) is 0.0582. The summed E-state index contributed by atoms with van der Waals surface area (Å²) in [5.41, 5.74) is 2.28. The fraction of sp³-hybridized carbons (Fsp3) is 0.562. The summed E-state index contributed by atoms with van der Waals surface area (Å²) in [6.07, 6.45) is 3.11. The Labute approximate surface area is 116 Å². The lowest BCUT2D eigenvalue weighted by atomic mass is 10.1. The quantitative estimate of drug-likeness (QED) is 0.791. The molecule has 0 saturated heterocycles. The molecule has 0 aliphatic rings. The van der Waals surface area contributed by atoms with Crippen LogP contribution in [0, 0.1) is 0 Å². The molecule has 1 rings (SSSR count). The minimum Gasteiger partial charge on any atom is -0.374 e. The molecule has 0 radical (unpaired) electrons. The minimum absolute atomic E-state index is 0.0582. The average Bonchev–Trinajstić information content (AvgIpc) is 2.39. The molecular weight excluding hydrogens is 236 g/mol. The molecule has 3 nitrogen and oxygen atoms in total. The molecule has 0 aliphatic carbocycles. The maximum atomic E-state index is 12.0. The number of carbonyl (C=O) groups excluding carboxylic acids is 1. The first kappa shape index (κ1) is 15.5. The highest BCUT2D eigenvalue weighted by Crippen LogP contribution is 2.12. The Bertz CT molecular complexity index is 403. The zero-order chi connectivity index (χ0) is 14.3. The van der Waals surface area contributed by atoms with E-state index in [9.17, 15) is 4.79 Å². The molecule has 0 heterocycles. The smallest absolute Gasteiger partial charge is 0.242 e. The third-order valence-corrected chi connectivity index (χ3v) is 3.22. The highest BCUT2D eigenvalue weighted by atomic mass is 16.2. The van der Waals surface area contributed by atoms with Gasteiger partial charge in [0.05, 0.1) is 0 Å². The van der Waals surface area contributed by atoms with Gasteiger partial charge in [0.15, 0.2) is 0 Å². The van der Waals surface area contributed by atoms with Crippen LogP contribution in [-0.2, 0) is 11.2 Å². The van der Waals surface area contributed by atoms with Crippen LogP contribution in [0.2, 0.25) is 0 Å². The number of hydrogen-bond acceptors (Lipinski definition) is 2. The van der Waals surface area contributed by atoms with Crippen molar-refractivity contribution in [3.05, 3.63) is 29.8 Å². The molecule has 0 bridgehead atoms. The van der Waals surface area contributed by atoms with Crippen molar-refractivity contribution in [2.45, 2.75) is 59.0 Å². The Hall–Kier alpha value is -1.51. The van der Waals surface area contributed by atoms with Crippen LogP contribution < -0.4 is 10.6 Å². The van der Waals surface area contributed by atoms with Crippen molar-refractivity contribution < 1.29 is 4.79 Å². The lowest BCUT2D eigenvalue weighted by Gasteiger charge is -2.19. The molecule has 1 amide bonds. The van der Waals surface area contributed by atoms with Crippen LogP contribution in [-0.4, -0.2) is 18.0 Å². The largest absolute Gasteiger partial charge is 0.374 e. The number of anilines is 1. The highest BCUT2D eigenvalue weighted by molar-refractivity contribution is 5.84. The fourth-order valence-electron chi connectivity index (χ4n) is 2.07. The van der Waals surface area contributed by atoms with Gasteiger partial charge >= 0.3 is 0 Å². The second-order valence-corrected chi connectivity index (χ2v) is 5.12. The normalized spacial score (nSPS) is 13.7. The number of carbonyl (C=O) groups is 1. The van der Waals surface area contributed by atoms with E-state index in [-0.39, 0.29) is 18.0 Å². The van der Waals surface area contributed by atoms with Gasteiger partial charge in [0.25, 0.3) is 0 Å². The summed E-state index contributed by atoms with van der Waals surface area (Å²) < 4.78 is 0. The van der Waals surface area contributed by atoms with Gasteiger partial charge in [0, 0.05) is 11.7 Å². The first-order chi connectivity index (χ1) is 9.06. The molecule has 0 aliphatic heterocycles.